The molecule has 0 unspecified atom stereocenters. The van der Waals surface area contributed by atoms with E-state index < -0.39 is 0 Å². The van der Waals surface area contributed by atoms with E-state index in [1.54, 1.807) is 0 Å². The normalized spacial score (nSPS) is 26.6. The van der Waals surface area contributed by atoms with Crippen LogP contribution in [0, 0.1) is 0 Å². The fourth-order valence-electron chi connectivity index (χ4n) is 2.18. The number of benzene rings is 1. The Kier molecular flexibility index (Phi) is 3.55. The minimum absolute atomic E-state index is 0.107. The third-order valence-electron chi connectivity index (χ3n) is 3.11. The average Bonchev–Trinajstić information content (AvgIpc) is 2.23. The maximum Gasteiger partial charge on any atom is 0.0595 e. The van der Waals surface area contributed by atoms with Gasteiger partial charge in [0, 0.05) is 0 Å². The van der Waals surface area contributed by atoms with Gasteiger partial charge in [-0.25, -0.2) is 0 Å². The van der Waals surface area contributed by atoms with Crippen molar-refractivity contribution in [3.05, 3.63) is 33.8 Å². The monoisotopic (exact) mass is 244 g/mol. The largest absolute Gasteiger partial charge is 0.393 e. The summed E-state index contributed by atoms with van der Waals surface area (Å²) in [7, 11) is 0. The Bertz CT molecular complexity index is 343. The lowest BCUT2D eigenvalue weighted by atomic mass is 9.83. The molecule has 0 atom stereocenters. The Morgan fingerprint density at radius 2 is 1.67 bits per heavy atom. The molecule has 1 aromatic carbocycles. The molecule has 0 heterocycles. The molecule has 0 aromatic heterocycles. The molecular weight excluding hydrogens is 231 g/mol. The summed E-state index contributed by atoms with van der Waals surface area (Å²) < 4.78 is 0. The SMILES string of the molecule is O[C@H]1CC[C@@H](c2ccc(Cl)c(Cl)c2)CC1. The van der Waals surface area contributed by atoms with Crippen molar-refractivity contribution >= 4 is 23.2 Å². The first-order valence-electron chi connectivity index (χ1n) is 5.30. The first-order chi connectivity index (χ1) is 7.16. The van der Waals surface area contributed by atoms with Crippen LogP contribution in [-0.4, -0.2) is 11.2 Å². The summed E-state index contributed by atoms with van der Waals surface area (Å²) in [4.78, 5) is 0. The van der Waals surface area contributed by atoms with Crippen LogP contribution in [0.15, 0.2) is 18.2 Å². The summed E-state index contributed by atoms with van der Waals surface area (Å²) in [6.07, 6.45) is 3.76. The quantitative estimate of drug-likeness (QED) is 0.792. The molecule has 3 heteroatoms. The second-order valence-electron chi connectivity index (χ2n) is 4.18. The Hall–Kier alpha value is -0.240. The molecule has 0 spiro atoms. The predicted octanol–water partition coefficient (Wildman–Crippen LogP) is 4.01. The van der Waals surface area contributed by atoms with E-state index in [1.807, 2.05) is 18.2 Å². The van der Waals surface area contributed by atoms with Crippen LogP contribution in [0.3, 0.4) is 0 Å². The van der Waals surface area contributed by atoms with E-state index in [0.717, 1.165) is 25.7 Å². The van der Waals surface area contributed by atoms with Gasteiger partial charge in [-0.1, -0.05) is 29.3 Å². The topological polar surface area (TPSA) is 20.2 Å². The van der Waals surface area contributed by atoms with Crippen molar-refractivity contribution in [1.82, 2.24) is 0 Å². The van der Waals surface area contributed by atoms with Gasteiger partial charge in [0.15, 0.2) is 0 Å². The summed E-state index contributed by atoms with van der Waals surface area (Å²) >= 11 is 11.9. The van der Waals surface area contributed by atoms with Gasteiger partial charge in [0.1, 0.15) is 0 Å². The average molecular weight is 245 g/mol. The molecule has 1 N–H and O–H groups in total. The molecular formula is C12H14Cl2O. The molecule has 82 valence electrons. The highest BCUT2D eigenvalue weighted by Gasteiger charge is 2.20. The summed E-state index contributed by atoms with van der Waals surface area (Å²) in [6, 6.07) is 5.84. The van der Waals surface area contributed by atoms with Crippen LogP contribution in [0.1, 0.15) is 37.2 Å². The van der Waals surface area contributed by atoms with Crippen molar-refractivity contribution in [2.24, 2.45) is 0 Å². The molecule has 1 fully saturated rings. The molecule has 2 rings (SSSR count). The van der Waals surface area contributed by atoms with Gasteiger partial charge in [-0.3, -0.25) is 0 Å². The van der Waals surface area contributed by atoms with Gasteiger partial charge in [0.05, 0.1) is 16.1 Å². The number of halogens is 2. The highest BCUT2D eigenvalue weighted by Crippen LogP contribution is 2.35. The van der Waals surface area contributed by atoms with Crippen LogP contribution in [0.2, 0.25) is 10.0 Å². The van der Waals surface area contributed by atoms with E-state index >= 15 is 0 Å². The fraction of sp³-hybridized carbons (Fsp3) is 0.500. The number of rotatable bonds is 1. The minimum Gasteiger partial charge on any atom is -0.393 e. The molecule has 0 amide bonds. The lowest BCUT2D eigenvalue weighted by Crippen LogP contribution is -2.16. The van der Waals surface area contributed by atoms with Gasteiger partial charge in [0.2, 0.25) is 0 Å². The number of hydrogen-bond acceptors (Lipinski definition) is 1. The number of aliphatic hydroxyl groups is 1. The Balaban J connectivity index is 2.12. The minimum atomic E-state index is -0.107. The van der Waals surface area contributed by atoms with E-state index in [4.69, 9.17) is 23.2 Å². The zero-order chi connectivity index (χ0) is 10.8. The molecule has 15 heavy (non-hydrogen) atoms. The number of aliphatic hydroxyl groups excluding tert-OH is 1. The Morgan fingerprint density at radius 1 is 1.00 bits per heavy atom. The molecule has 0 saturated heterocycles. The Labute approximate surface area is 100 Å². The van der Waals surface area contributed by atoms with E-state index in [2.05, 4.69) is 0 Å². The molecule has 1 aliphatic rings. The van der Waals surface area contributed by atoms with Crippen LogP contribution in [-0.2, 0) is 0 Å². The van der Waals surface area contributed by atoms with E-state index in [-0.39, 0.29) is 6.10 Å². The lowest BCUT2D eigenvalue weighted by molar-refractivity contribution is 0.122. The van der Waals surface area contributed by atoms with Crippen molar-refractivity contribution in [2.75, 3.05) is 0 Å². The van der Waals surface area contributed by atoms with Gasteiger partial charge >= 0.3 is 0 Å². The summed E-state index contributed by atoms with van der Waals surface area (Å²) in [6.45, 7) is 0. The highest BCUT2D eigenvalue weighted by atomic mass is 35.5. The number of hydrogen-bond donors (Lipinski definition) is 1. The van der Waals surface area contributed by atoms with Crippen LogP contribution < -0.4 is 0 Å². The summed E-state index contributed by atoms with van der Waals surface area (Å²) in [5, 5.41) is 10.7. The highest BCUT2D eigenvalue weighted by molar-refractivity contribution is 6.42. The molecule has 1 aromatic rings. The standard InChI is InChI=1S/C12H14Cl2O/c13-11-6-3-9(7-12(11)14)8-1-4-10(15)5-2-8/h3,6-8,10,15H,1-2,4-5H2/t8-,10+. The van der Waals surface area contributed by atoms with Gasteiger partial charge < -0.3 is 5.11 Å². The fourth-order valence-corrected chi connectivity index (χ4v) is 2.48. The summed E-state index contributed by atoms with van der Waals surface area (Å²) in [5.74, 6) is 0.531. The third kappa shape index (κ3) is 2.66. The van der Waals surface area contributed by atoms with Crippen molar-refractivity contribution in [1.29, 1.82) is 0 Å². The first-order valence-corrected chi connectivity index (χ1v) is 6.05. The van der Waals surface area contributed by atoms with Gasteiger partial charge in [-0.2, -0.15) is 0 Å². The van der Waals surface area contributed by atoms with Crippen molar-refractivity contribution in [3.8, 4) is 0 Å². The molecule has 1 aliphatic carbocycles. The van der Waals surface area contributed by atoms with E-state index in [9.17, 15) is 5.11 Å². The maximum absolute atomic E-state index is 9.43. The molecule has 1 nitrogen and oxygen atoms in total. The second-order valence-corrected chi connectivity index (χ2v) is 4.99. The van der Waals surface area contributed by atoms with Crippen molar-refractivity contribution < 1.29 is 5.11 Å². The van der Waals surface area contributed by atoms with Crippen LogP contribution in [0.4, 0.5) is 0 Å². The van der Waals surface area contributed by atoms with Crippen LogP contribution in [0.25, 0.3) is 0 Å². The Morgan fingerprint density at radius 3 is 2.27 bits per heavy atom. The molecule has 0 radical (unpaired) electrons. The maximum atomic E-state index is 9.43. The first kappa shape index (κ1) is 11.3. The van der Waals surface area contributed by atoms with Crippen LogP contribution in [0.5, 0.6) is 0 Å². The predicted molar refractivity (Wildman–Crippen MR) is 63.7 cm³/mol. The van der Waals surface area contributed by atoms with Gasteiger partial charge in [0.25, 0.3) is 0 Å². The zero-order valence-electron chi connectivity index (χ0n) is 8.42. The van der Waals surface area contributed by atoms with Crippen molar-refractivity contribution in [2.45, 2.75) is 37.7 Å². The smallest absolute Gasteiger partial charge is 0.0595 e. The summed E-state index contributed by atoms with van der Waals surface area (Å²) in [5.41, 5.74) is 1.25. The van der Waals surface area contributed by atoms with Gasteiger partial charge in [-0.05, 0) is 49.3 Å². The van der Waals surface area contributed by atoms with Crippen LogP contribution >= 0.6 is 23.2 Å². The van der Waals surface area contributed by atoms with E-state index in [0.29, 0.717) is 16.0 Å². The second kappa shape index (κ2) is 4.73. The lowest BCUT2D eigenvalue weighted by Gasteiger charge is -2.25. The molecule has 1 saturated carbocycles. The molecule has 0 bridgehead atoms. The zero-order valence-corrected chi connectivity index (χ0v) is 9.93. The molecule has 0 aliphatic heterocycles. The third-order valence-corrected chi connectivity index (χ3v) is 3.85. The van der Waals surface area contributed by atoms with Gasteiger partial charge in [-0.15, -0.1) is 0 Å². The van der Waals surface area contributed by atoms with Crippen molar-refractivity contribution in [3.63, 3.8) is 0 Å². The van der Waals surface area contributed by atoms with E-state index in [1.165, 1.54) is 5.56 Å².